The summed E-state index contributed by atoms with van der Waals surface area (Å²) in [4.78, 5) is 23.8. The number of ether oxygens (including phenoxy) is 1. The molecule has 0 bridgehead atoms. The van der Waals surface area contributed by atoms with E-state index in [0.29, 0.717) is 13.2 Å². The van der Waals surface area contributed by atoms with E-state index in [1.807, 2.05) is 61.5 Å². The highest BCUT2D eigenvalue weighted by atomic mass is 32.1. The normalized spacial score (nSPS) is 10.5. The van der Waals surface area contributed by atoms with E-state index in [9.17, 15) is 9.59 Å². The number of hydrogen-bond acceptors (Lipinski definition) is 4. The molecule has 3 aromatic rings. The Labute approximate surface area is 155 Å². The van der Waals surface area contributed by atoms with E-state index < -0.39 is 0 Å². The molecule has 134 valence electrons. The molecule has 0 unspecified atom stereocenters. The molecule has 0 fully saturated rings. The molecule has 0 spiro atoms. The van der Waals surface area contributed by atoms with E-state index in [1.165, 1.54) is 4.57 Å². The molecule has 0 saturated heterocycles. The molecule has 0 radical (unpaired) electrons. The minimum atomic E-state index is -0.202. The lowest BCUT2D eigenvalue weighted by molar-refractivity contribution is -0.121. The smallest absolute Gasteiger partial charge is 0.307 e. The number of carbonyl (C=O) groups is 1. The van der Waals surface area contributed by atoms with Gasteiger partial charge in [0.05, 0.1) is 0 Å². The van der Waals surface area contributed by atoms with Crippen molar-refractivity contribution in [3.8, 4) is 5.75 Å². The molecular weight excluding hydrogens is 348 g/mol. The first kappa shape index (κ1) is 17.9. The van der Waals surface area contributed by atoms with Crippen LogP contribution in [0, 0.1) is 6.92 Å². The first-order chi connectivity index (χ1) is 12.6. The van der Waals surface area contributed by atoms with Gasteiger partial charge in [-0.25, -0.2) is 0 Å². The van der Waals surface area contributed by atoms with Crippen LogP contribution in [-0.4, -0.2) is 10.5 Å². The van der Waals surface area contributed by atoms with Gasteiger partial charge in [0.25, 0.3) is 0 Å². The Kier molecular flexibility index (Phi) is 5.86. The predicted octanol–water partition coefficient (Wildman–Crippen LogP) is 3.11. The van der Waals surface area contributed by atoms with E-state index in [-0.39, 0.29) is 17.3 Å². The number of aryl methyl sites for hydroxylation is 1. The summed E-state index contributed by atoms with van der Waals surface area (Å²) < 4.78 is 7.36. The number of para-hydroxylation sites is 1. The van der Waals surface area contributed by atoms with Crippen LogP contribution in [0.4, 0.5) is 0 Å². The van der Waals surface area contributed by atoms with Gasteiger partial charge in [-0.2, -0.15) is 0 Å². The predicted molar refractivity (Wildman–Crippen MR) is 102 cm³/mol. The van der Waals surface area contributed by atoms with Crippen molar-refractivity contribution in [1.29, 1.82) is 0 Å². The van der Waals surface area contributed by atoms with Crippen LogP contribution >= 0.6 is 11.3 Å². The number of carbonyl (C=O) groups excluding carboxylic acids is 1. The third-order valence-corrected chi connectivity index (χ3v) is 4.84. The maximum atomic E-state index is 12.2. The quantitative estimate of drug-likeness (QED) is 0.697. The van der Waals surface area contributed by atoms with Gasteiger partial charge in [-0.1, -0.05) is 59.9 Å². The number of rotatable bonds is 7. The maximum Gasteiger partial charge on any atom is 0.307 e. The molecule has 0 aliphatic carbocycles. The number of nitrogens with one attached hydrogen (secondary N) is 1. The fourth-order valence-corrected chi connectivity index (χ4v) is 3.25. The monoisotopic (exact) mass is 368 g/mol. The fourth-order valence-electron chi connectivity index (χ4n) is 2.52. The second kappa shape index (κ2) is 8.49. The average Bonchev–Trinajstić information content (AvgIpc) is 2.98. The molecule has 0 aliphatic heterocycles. The van der Waals surface area contributed by atoms with Gasteiger partial charge in [0.1, 0.15) is 18.9 Å². The first-order valence-electron chi connectivity index (χ1n) is 8.30. The molecule has 5 nitrogen and oxygen atoms in total. The second-order valence-electron chi connectivity index (χ2n) is 5.89. The van der Waals surface area contributed by atoms with Gasteiger partial charge in [0.2, 0.25) is 5.91 Å². The van der Waals surface area contributed by atoms with Crippen LogP contribution in [0.3, 0.4) is 0 Å². The lowest BCUT2D eigenvalue weighted by Gasteiger charge is -2.12. The molecule has 0 atom stereocenters. The number of hydrogen-bond donors (Lipinski definition) is 1. The topological polar surface area (TPSA) is 60.3 Å². The Morgan fingerprint density at radius 1 is 1.12 bits per heavy atom. The van der Waals surface area contributed by atoms with E-state index in [1.54, 1.807) is 5.38 Å². The van der Waals surface area contributed by atoms with Crippen LogP contribution < -0.4 is 14.9 Å². The van der Waals surface area contributed by atoms with Crippen molar-refractivity contribution in [1.82, 2.24) is 9.88 Å². The summed E-state index contributed by atoms with van der Waals surface area (Å²) in [5.41, 5.74) is 2.77. The van der Waals surface area contributed by atoms with Gasteiger partial charge in [-0.05, 0) is 18.6 Å². The number of nitrogens with zero attached hydrogens (tertiary/aromatic N) is 1. The standard InChI is InChI=1S/C20H20N2O3S/c1-15-14-26-20(24)22(15)12-19(23)21-11-17-9-5-6-10-18(17)25-13-16-7-3-2-4-8-16/h2-10,14H,11-13H2,1H3,(H,21,23). The summed E-state index contributed by atoms with van der Waals surface area (Å²) in [7, 11) is 0. The SMILES string of the molecule is Cc1csc(=O)n1CC(=O)NCc1ccccc1OCc1ccccc1. The second-order valence-corrected chi connectivity index (χ2v) is 6.71. The van der Waals surface area contributed by atoms with Gasteiger partial charge < -0.3 is 10.1 Å². The van der Waals surface area contributed by atoms with Crippen LogP contribution in [0.1, 0.15) is 16.8 Å². The molecule has 2 aromatic carbocycles. The average molecular weight is 368 g/mol. The molecule has 3 rings (SSSR count). The highest BCUT2D eigenvalue weighted by Crippen LogP contribution is 2.19. The summed E-state index contributed by atoms with van der Waals surface area (Å²) in [6, 6.07) is 17.5. The van der Waals surface area contributed by atoms with Crippen molar-refractivity contribution in [2.45, 2.75) is 26.6 Å². The Bertz CT molecular complexity index is 931. The van der Waals surface area contributed by atoms with Gasteiger partial charge in [0, 0.05) is 23.2 Å². The minimum Gasteiger partial charge on any atom is -0.489 e. The van der Waals surface area contributed by atoms with Crippen LogP contribution in [0.2, 0.25) is 0 Å². The molecule has 1 heterocycles. The van der Waals surface area contributed by atoms with Crippen molar-refractivity contribution < 1.29 is 9.53 Å². The summed E-state index contributed by atoms with van der Waals surface area (Å²) in [5, 5.41) is 4.61. The van der Waals surface area contributed by atoms with Crippen molar-refractivity contribution in [2.24, 2.45) is 0 Å². The summed E-state index contributed by atoms with van der Waals surface area (Å²) >= 11 is 1.10. The zero-order chi connectivity index (χ0) is 18.4. The van der Waals surface area contributed by atoms with Crippen molar-refractivity contribution in [2.75, 3.05) is 0 Å². The zero-order valence-corrected chi connectivity index (χ0v) is 15.3. The lowest BCUT2D eigenvalue weighted by Crippen LogP contribution is -2.30. The number of aromatic nitrogens is 1. The van der Waals surface area contributed by atoms with Crippen molar-refractivity contribution in [3.63, 3.8) is 0 Å². The van der Waals surface area contributed by atoms with E-state index >= 15 is 0 Å². The largest absolute Gasteiger partial charge is 0.489 e. The summed E-state index contributed by atoms with van der Waals surface area (Å²) in [6.07, 6.45) is 0. The van der Waals surface area contributed by atoms with E-state index in [4.69, 9.17) is 4.74 Å². The van der Waals surface area contributed by atoms with Crippen LogP contribution in [0.15, 0.2) is 64.8 Å². The molecule has 1 aromatic heterocycles. The van der Waals surface area contributed by atoms with E-state index in [2.05, 4.69) is 5.32 Å². The molecule has 0 saturated carbocycles. The van der Waals surface area contributed by atoms with Gasteiger partial charge in [-0.3, -0.25) is 14.2 Å². The highest BCUT2D eigenvalue weighted by Gasteiger charge is 2.10. The van der Waals surface area contributed by atoms with Crippen LogP contribution in [-0.2, 0) is 24.5 Å². The molecule has 1 amide bonds. The van der Waals surface area contributed by atoms with Crippen LogP contribution in [0.25, 0.3) is 0 Å². The zero-order valence-electron chi connectivity index (χ0n) is 14.5. The van der Waals surface area contributed by atoms with Crippen LogP contribution in [0.5, 0.6) is 5.75 Å². The number of amides is 1. The van der Waals surface area contributed by atoms with Crippen molar-refractivity contribution >= 4 is 17.2 Å². The van der Waals surface area contributed by atoms with Gasteiger partial charge >= 0.3 is 4.87 Å². The Balaban J connectivity index is 1.59. The highest BCUT2D eigenvalue weighted by molar-refractivity contribution is 7.07. The van der Waals surface area contributed by atoms with E-state index in [0.717, 1.165) is 33.9 Å². The molecule has 1 N–H and O–H groups in total. The molecule has 26 heavy (non-hydrogen) atoms. The van der Waals surface area contributed by atoms with Gasteiger partial charge in [0.15, 0.2) is 0 Å². The number of thiazole rings is 1. The summed E-state index contributed by atoms with van der Waals surface area (Å²) in [6.45, 7) is 2.66. The van der Waals surface area contributed by atoms with Gasteiger partial charge in [-0.15, -0.1) is 0 Å². The molecular formula is C20H20N2O3S. The van der Waals surface area contributed by atoms with Crippen molar-refractivity contribution in [3.05, 3.63) is 86.5 Å². The third kappa shape index (κ3) is 4.61. The molecule has 0 aliphatic rings. The third-order valence-electron chi connectivity index (χ3n) is 3.96. The maximum absolute atomic E-state index is 12.2. The molecule has 6 heteroatoms. The summed E-state index contributed by atoms with van der Waals surface area (Å²) in [5.74, 6) is 0.534. The Hall–Kier alpha value is -2.86. The Morgan fingerprint density at radius 3 is 2.58 bits per heavy atom. The number of benzene rings is 2. The Morgan fingerprint density at radius 2 is 1.85 bits per heavy atom. The fraction of sp³-hybridized carbons (Fsp3) is 0.200. The lowest BCUT2D eigenvalue weighted by atomic mass is 10.2. The minimum absolute atomic E-state index is 0.0290. The first-order valence-corrected chi connectivity index (χ1v) is 9.17.